The number of hydrogen-bond donors (Lipinski definition) is 1. The lowest BCUT2D eigenvalue weighted by Crippen LogP contribution is -2.46. The van der Waals surface area contributed by atoms with E-state index >= 15 is 0 Å². The van der Waals surface area contributed by atoms with E-state index in [0.717, 1.165) is 29.7 Å². The second-order valence-corrected chi connectivity index (χ2v) is 9.70. The van der Waals surface area contributed by atoms with Crippen molar-refractivity contribution in [3.8, 4) is 0 Å². The van der Waals surface area contributed by atoms with Crippen LogP contribution in [0.25, 0.3) is 0 Å². The quantitative estimate of drug-likeness (QED) is 0.848. The molecule has 0 spiro atoms. The summed E-state index contributed by atoms with van der Waals surface area (Å²) in [6.45, 7) is 6.40. The molecule has 1 aliphatic rings. The van der Waals surface area contributed by atoms with Gasteiger partial charge in [-0.1, -0.05) is 24.3 Å². The summed E-state index contributed by atoms with van der Waals surface area (Å²) >= 11 is 1.14. The Labute approximate surface area is 159 Å². The lowest BCUT2D eigenvalue weighted by atomic mass is 9.99. The average Bonchev–Trinajstić information content (AvgIpc) is 3.28. The number of nitrogens with one attached hydrogen (secondary N) is 1. The first-order chi connectivity index (χ1) is 12.3. The number of likely N-dealkylation sites (tertiary alicyclic amines) is 1. The Morgan fingerprint density at radius 3 is 2.69 bits per heavy atom. The summed E-state index contributed by atoms with van der Waals surface area (Å²) in [5, 5.41) is 1.71. The first-order valence-electron chi connectivity index (χ1n) is 8.73. The second kappa shape index (κ2) is 7.50. The smallest absolute Gasteiger partial charge is 0.250 e. The lowest BCUT2D eigenvalue weighted by molar-refractivity contribution is -0.133. The van der Waals surface area contributed by atoms with E-state index in [1.807, 2.05) is 4.90 Å². The molecular formula is C19H24N2O3S2. The van der Waals surface area contributed by atoms with Crippen molar-refractivity contribution >= 4 is 27.3 Å². The highest BCUT2D eigenvalue weighted by atomic mass is 32.2. The maximum Gasteiger partial charge on any atom is 0.250 e. The van der Waals surface area contributed by atoms with Crippen molar-refractivity contribution in [2.45, 2.75) is 49.9 Å². The van der Waals surface area contributed by atoms with Crippen molar-refractivity contribution in [3.63, 3.8) is 0 Å². The zero-order valence-electron chi connectivity index (χ0n) is 15.2. The molecule has 0 aliphatic carbocycles. The highest BCUT2D eigenvalue weighted by Crippen LogP contribution is 2.33. The molecule has 140 valence electrons. The van der Waals surface area contributed by atoms with E-state index in [0.29, 0.717) is 6.54 Å². The number of benzene rings is 1. The minimum atomic E-state index is -3.66. The number of thiophene rings is 1. The number of sulfonamides is 1. The van der Waals surface area contributed by atoms with Crippen LogP contribution in [0.15, 0.2) is 39.9 Å². The summed E-state index contributed by atoms with van der Waals surface area (Å²) in [6.07, 6.45) is 1.83. The van der Waals surface area contributed by atoms with Crippen LogP contribution in [0.5, 0.6) is 0 Å². The van der Waals surface area contributed by atoms with Gasteiger partial charge in [-0.3, -0.25) is 4.79 Å². The minimum Gasteiger partial charge on any atom is -0.334 e. The Morgan fingerprint density at radius 1 is 1.27 bits per heavy atom. The molecule has 0 unspecified atom stereocenters. The van der Waals surface area contributed by atoms with Crippen LogP contribution in [-0.4, -0.2) is 31.8 Å². The fraction of sp³-hybridized carbons (Fsp3) is 0.421. The molecular weight excluding hydrogens is 368 g/mol. The SMILES string of the molecule is Cc1ccc([C@H]2CCCN2C(=O)[C@H](C)NS(=O)(=O)c2cccs2)cc1C. The van der Waals surface area contributed by atoms with Gasteiger partial charge in [-0.25, -0.2) is 8.42 Å². The summed E-state index contributed by atoms with van der Waals surface area (Å²) in [6, 6.07) is 8.71. The standard InChI is InChI=1S/C19H24N2O3S2/c1-13-8-9-16(12-14(13)2)17-6-4-10-21(17)19(22)15(3)20-26(23,24)18-7-5-11-25-18/h5,7-9,11-12,15,17,20H,4,6,10H2,1-3H3/t15-,17+/m0/s1. The molecule has 1 amide bonds. The monoisotopic (exact) mass is 392 g/mol. The Morgan fingerprint density at radius 2 is 2.04 bits per heavy atom. The molecule has 0 radical (unpaired) electrons. The predicted octanol–water partition coefficient (Wildman–Crippen LogP) is 3.40. The van der Waals surface area contributed by atoms with Gasteiger partial charge in [-0.05, 0) is 61.7 Å². The number of carbonyl (C=O) groups excluding carboxylic acids is 1. The average molecular weight is 393 g/mol. The molecule has 1 fully saturated rings. The van der Waals surface area contributed by atoms with Gasteiger partial charge >= 0.3 is 0 Å². The third-order valence-corrected chi connectivity index (χ3v) is 7.85. The normalized spacial score (nSPS) is 18.9. The third-order valence-electron chi connectivity index (χ3n) is 4.91. The van der Waals surface area contributed by atoms with Gasteiger partial charge in [0.15, 0.2) is 0 Å². The second-order valence-electron chi connectivity index (χ2n) is 6.81. The number of carbonyl (C=O) groups is 1. The molecule has 1 N–H and O–H groups in total. The lowest BCUT2D eigenvalue weighted by Gasteiger charge is -2.28. The van der Waals surface area contributed by atoms with Gasteiger partial charge in [-0.15, -0.1) is 11.3 Å². The van der Waals surface area contributed by atoms with E-state index in [1.54, 1.807) is 18.4 Å². The maximum absolute atomic E-state index is 12.9. The van der Waals surface area contributed by atoms with Crippen molar-refractivity contribution in [3.05, 3.63) is 52.4 Å². The number of nitrogens with zero attached hydrogens (tertiary/aromatic N) is 1. The summed E-state index contributed by atoms with van der Waals surface area (Å²) < 4.78 is 27.5. The fourth-order valence-corrected chi connectivity index (χ4v) is 5.56. The van der Waals surface area contributed by atoms with Gasteiger partial charge < -0.3 is 4.90 Å². The van der Waals surface area contributed by atoms with Crippen molar-refractivity contribution in [2.75, 3.05) is 6.54 Å². The minimum absolute atomic E-state index is 0.00971. The third kappa shape index (κ3) is 3.84. The molecule has 7 heteroatoms. The van der Waals surface area contributed by atoms with E-state index < -0.39 is 16.1 Å². The molecule has 1 aromatic carbocycles. The van der Waals surface area contributed by atoms with E-state index in [4.69, 9.17) is 0 Å². The molecule has 2 aromatic rings. The molecule has 5 nitrogen and oxygen atoms in total. The first-order valence-corrected chi connectivity index (χ1v) is 11.1. The molecule has 1 aliphatic heterocycles. The number of aryl methyl sites for hydroxylation is 2. The van der Waals surface area contributed by atoms with Crippen LogP contribution >= 0.6 is 11.3 Å². The van der Waals surface area contributed by atoms with Gasteiger partial charge in [0.2, 0.25) is 5.91 Å². The van der Waals surface area contributed by atoms with Crippen molar-refractivity contribution in [1.82, 2.24) is 9.62 Å². The molecule has 1 saturated heterocycles. The summed E-state index contributed by atoms with van der Waals surface area (Å²) in [4.78, 5) is 14.7. The molecule has 26 heavy (non-hydrogen) atoms. The van der Waals surface area contributed by atoms with Gasteiger partial charge in [0.05, 0.1) is 12.1 Å². The highest BCUT2D eigenvalue weighted by molar-refractivity contribution is 7.91. The summed E-state index contributed by atoms with van der Waals surface area (Å²) in [7, 11) is -3.66. The highest BCUT2D eigenvalue weighted by Gasteiger charge is 2.34. The van der Waals surface area contributed by atoms with Crippen molar-refractivity contribution < 1.29 is 13.2 Å². The Bertz CT molecular complexity index is 892. The van der Waals surface area contributed by atoms with Crippen LogP contribution in [0.3, 0.4) is 0 Å². The van der Waals surface area contributed by atoms with Gasteiger partial charge in [0.1, 0.15) is 4.21 Å². The fourth-order valence-electron chi connectivity index (χ4n) is 3.36. The number of amides is 1. The van der Waals surface area contributed by atoms with Crippen LogP contribution in [0.4, 0.5) is 0 Å². The first kappa shape index (κ1) is 19.1. The largest absolute Gasteiger partial charge is 0.334 e. The maximum atomic E-state index is 12.9. The molecule has 2 atom stereocenters. The van der Waals surface area contributed by atoms with Crippen LogP contribution in [0.2, 0.25) is 0 Å². The van der Waals surface area contributed by atoms with Crippen molar-refractivity contribution in [1.29, 1.82) is 0 Å². The van der Waals surface area contributed by atoms with Crippen LogP contribution in [0, 0.1) is 13.8 Å². The predicted molar refractivity (Wildman–Crippen MR) is 104 cm³/mol. The molecule has 0 bridgehead atoms. The Balaban J connectivity index is 1.76. The van der Waals surface area contributed by atoms with E-state index in [1.165, 1.54) is 17.2 Å². The van der Waals surface area contributed by atoms with E-state index in [9.17, 15) is 13.2 Å². The summed E-state index contributed by atoms with van der Waals surface area (Å²) in [5.41, 5.74) is 3.54. The van der Waals surface area contributed by atoms with E-state index in [-0.39, 0.29) is 16.2 Å². The topological polar surface area (TPSA) is 66.5 Å². The Kier molecular flexibility index (Phi) is 5.50. The van der Waals surface area contributed by atoms with Crippen LogP contribution in [0.1, 0.15) is 42.5 Å². The van der Waals surface area contributed by atoms with E-state index in [2.05, 4.69) is 36.8 Å². The van der Waals surface area contributed by atoms with Gasteiger partial charge in [-0.2, -0.15) is 4.72 Å². The van der Waals surface area contributed by atoms with Crippen LogP contribution in [-0.2, 0) is 14.8 Å². The molecule has 3 rings (SSSR count). The number of rotatable bonds is 5. The molecule has 1 aromatic heterocycles. The summed E-state index contributed by atoms with van der Waals surface area (Å²) in [5.74, 6) is -0.175. The van der Waals surface area contributed by atoms with Gasteiger partial charge in [0, 0.05) is 6.54 Å². The Hall–Kier alpha value is -1.70. The molecule has 0 saturated carbocycles. The molecule has 2 heterocycles. The zero-order valence-corrected chi connectivity index (χ0v) is 16.9. The van der Waals surface area contributed by atoms with Crippen molar-refractivity contribution in [2.24, 2.45) is 0 Å². The zero-order chi connectivity index (χ0) is 18.9. The van der Waals surface area contributed by atoms with Crippen LogP contribution < -0.4 is 4.72 Å². The number of hydrogen-bond acceptors (Lipinski definition) is 4. The van der Waals surface area contributed by atoms with Gasteiger partial charge in [0.25, 0.3) is 10.0 Å².